The van der Waals surface area contributed by atoms with Crippen LogP contribution in [0.5, 0.6) is 5.75 Å². The average Bonchev–Trinajstić information content (AvgIpc) is 2.05. The normalized spacial score (nSPS) is 11.1. The van der Waals surface area contributed by atoms with E-state index in [1.54, 1.807) is 6.07 Å². The number of rotatable bonds is 3. The minimum absolute atomic E-state index is 0.0911. The zero-order chi connectivity index (χ0) is 11.6. The van der Waals surface area contributed by atoms with E-state index in [-0.39, 0.29) is 11.4 Å². The summed E-state index contributed by atoms with van der Waals surface area (Å²) >= 11 is 0. The summed E-state index contributed by atoms with van der Waals surface area (Å²) in [5, 5.41) is 9.55. The van der Waals surface area contributed by atoms with E-state index in [1.165, 1.54) is 12.1 Å². The first-order valence-corrected chi connectivity index (χ1v) is 6.17. The largest absolute Gasteiger partial charge is 0.506 e. The lowest BCUT2D eigenvalue weighted by molar-refractivity contribution is 0.477. The highest BCUT2D eigenvalue weighted by molar-refractivity contribution is 7.92. The monoisotopic (exact) mass is 230 g/mol. The highest BCUT2D eigenvalue weighted by Gasteiger charge is 2.07. The number of benzene rings is 1. The van der Waals surface area contributed by atoms with Gasteiger partial charge in [0.2, 0.25) is 10.0 Å². The molecule has 2 N–H and O–H groups in total. The Bertz CT molecular complexity index is 454. The standard InChI is InChI=1S/C9H14N2O3S/c1-11(2)7-4-5-8(9(12)6-7)10-15(3,13)14/h4-6,10,12H,1-3H3. The minimum Gasteiger partial charge on any atom is -0.506 e. The van der Waals surface area contributed by atoms with Crippen molar-refractivity contribution in [2.45, 2.75) is 0 Å². The molecule has 0 spiro atoms. The molecule has 0 fully saturated rings. The van der Waals surface area contributed by atoms with Gasteiger partial charge in [0.05, 0.1) is 11.9 Å². The molecular formula is C9H14N2O3S. The Labute approximate surface area is 89.4 Å². The molecule has 0 aliphatic heterocycles. The third kappa shape index (κ3) is 3.32. The topological polar surface area (TPSA) is 69.6 Å². The van der Waals surface area contributed by atoms with E-state index in [4.69, 9.17) is 0 Å². The Balaban J connectivity index is 3.04. The molecule has 15 heavy (non-hydrogen) atoms. The van der Waals surface area contributed by atoms with E-state index >= 15 is 0 Å². The average molecular weight is 230 g/mol. The summed E-state index contributed by atoms with van der Waals surface area (Å²) in [5.41, 5.74) is 0.981. The summed E-state index contributed by atoms with van der Waals surface area (Å²) in [6.45, 7) is 0. The van der Waals surface area contributed by atoms with Crippen LogP contribution in [0.3, 0.4) is 0 Å². The molecule has 0 radical (unpaired) electrons. The zero-order valence-corrected chi connectivity index (χ0v) is 9.67. The molecule has 0 heterocycles. The lowest BCUT2D eigenvalue weighted by Gasteiger charge is -2.14. The van der Waals surface area contributed by atoms with Crippen molar-refractivity contribution in [3.05, 3.63) is 18.2 Å². The zero-order valence-electron chi connectivity index (χ0n) is 8.85. The minimum atomic E-state index is -3.36. The molecule has 0 saturated heterocycles. The van der Waals surface area contributed by atoms with Crippen LogP contribution in [0.25, 0.3) is 0 Å². The van der Waals surface area contributed by atoms with Crippen LogP contribution in [-0.2, 0) is 10.0 Å². The van der Waals surface area contributed by atoms with Gasteiger partial charge in [-0.1, -0.05) is 0 Å². The van der Waals surface area contributed by atoms with Crippen LogP contribution < -0.4 is 9.62 Å². The van der Waals surface area contributed by atoms with Gasteiger partial charge in [-0.25, -0.2) is 8.42 Å². The number of phenolic OH excluding ortho intramolecular Hbond substituents is 1. The Morgan fingerprint density at radius 1 is 1.33 bits per heavy atom. The van der Waals surface area contributed by atoms with Crippen molar-refractivity contribution in [1.82, 2.24) is 0 Å². The molecule has 1 aromatic rings. The summed E-state index contributed by atoms with van der Waals surface area (Å²) in [7, 11) is 0.307. The Morgan fingerprint density at radius 3 is 2.33 bits per heavy atom. The Hall–Kier alpha value is -1.43. The number of aromatic hydroxyl groups is 1. The van der Waals surface area contributed by atoms with E-state index in [1.807, 2.05) is 19.0 Å². The number of hydrogen-bond donors (Lipinski definition) is 2. The van der Waals surface area contributed by atoms with Crippen molar-refractivity contribution in [1.29, 1.82) is 0 Å². The molecule has 0 bridgehead atoms. The van der Waals surface area contributed by atoms with Crippen LogP contribution in [0, 0.1) is 0 Å². The van der Waals surface area contributed by atoms with Crippen molar-refractivity contribution in [3.63, 3.8) is 0 Å². The van der Waals surface area contributed by atoms with Crippen molar-refractivity contribution >= 4 is 21.4 Å². The van der Waals surface area contributed by atoms with E-state index in [0.717, 1.165) is 11.9 Å². The first-order valence-electron chi connectivity index (χ1n) is 4.28. The maximum Gasteiger partial charge on any atom is 0.229 e. The molecule has 0 aliphatic rings. The first kappa shape index (κ1) is 11.6. The number of phenols is 1. The van der Waals surface area contributed by atoms with Gasteiger partial charge in [-0.3, -0.25) is 4.72 Å². The lowest BCUT2D eigenvalue weighted by atomic mass is 10.2. The molecule has 0 saturated carbocycles. The van der Waals surface area contributed by atoms with Gasteiger partial charge >= 0.3 is 0 Å². The highest BCUT2D eigenvalue weighted by Crippen LogP contribution is 2.28. The quantitative estimate of drug-likeness (QED) is 0.755. The van der Waals surface area contributed by atoms with E-state index in [2.05, 4.69) is 4.72 Å². The smallest absolute Gasteiger partial charge is 0.229 e. The predicted molar refractivity (Wildman–Crippen MR) is 60.9 cm³/mol. The number of anilines is 2. The first-order chi connectivity index (χ1) is 6.79. The van der Waals surface area contributed by atoms with Gasteiger partial charge in [0.15, 0.2) is 0 Å². The van der Waals surface area contributed by atoms with Gasteiger partial charge in [0, 0.05) is 25.8 Å². The summed E-state index contributed by atoms with van der Waals surface area (Å²) in [6.07, 6.45) is 1.03. The van der Waals surface area contributed by atoms with Gasteiger partial charge in [0.1, 0.15) is 5.75 Å². The van der Waals surface area contributed by atoms with E-state index in [0.29, 0.717) is 0 Å². The molecule has 84 valence electrons. The fraction of sp³-hybridized carbons (Fsp3) is 0.333. The van der Waals surface area contributed by atoms with Gasteiger partial charge < -0.3 is 10.0 Å². The maximum absolute atomic E-state index is 10.9. The molecule has 1 aromatic carbocycles. The fourth-order valence-electron chi connectivity index (χ4n) is 1.08. The second kappa shape index (κ2) is 3.98. The van der Waals surface area contributed by atoms with Crippen LogP contribution in [0.15, 0.2) is 18.2 Å². The Kier molecular flexibility index (Phi) is 3.09. The fourth-order valence-corrected chi connectivity index (χ4v) is 1.66. The van der Waals surface area contributed by atoms with Crippen molar-refractivity contribution in [2.75, 3.05) is 30.0 Å². The molecule has 0 atom stereocenters. The highest BCUT2D eigenvalue weighted by atomic mass is 32.2. The third-order valence-corrected chi connectivity index (χ3v) is 2.38. The van der Waals surface area contributed by atoms with Crippen molar-refractivity contribution in [2.24, 2.45) is 0 Å². The van der Waals surface area contributed by atoms with Crippen LogP contribution in [0.1, 0.15) is 0 Å². The van der Waals surface area contributed by atoms with Gasteiger partial charge in [-0.15, -0.1) is 0 Å². The van der Waals surface area contributed by atoms with Crippen molar-refractivity contribution < 1.29 is 13.5 Å². The van der Waals surface area contributed by atoms with E-state index in [9.17, 15) is 13.5 Å². The molecule has 6 heteroatoms. The summed E-state index contributed by atoms with van der Waals surface area (Å²) in [6, 6.07) is 4.73. The number of sulfonamides is 1. The van der Waals surface area contributed by atoms with Crippen LogP contribution in [0.4, 0.5) is 11.4 Å². The van der Waals surface area contributed by atoms with Gasteiger partial charge in [0.25, 0.3) is 0 Å². The molecule has 0 aliphatic carbocycles. The number of hydrogen-bond acceptors (Lipinski definition) is 4. The molecule has 0 aromatic heterocycles. The maximum atomic E-state index is 10.9. The summed E-state index contributed by atoms with van der Waals surface area (Å²) in [4.78, 5) is 1.81. The second-order valence-electron chi connectivity index (χ2n) is 3.47. The Morgan fingerprint density at radius 2 is 1.93 bits per heavy atom. The SMILES string of the molecule is CN(C)c1ccc(NS(C)(=O)=O)c(O)c1. The lowest BCUT2D eigenvalue weighted by Crippen LogP contribution is -2.11. The molecule has 1 rings (SSSR count). The second-order valence-corrected chi connectivity index (χ2v) is 5.22. The molecule has 5 nitrogen and oxygen atoms in total. The van der Waals surface area contributed by atoms with E-state index < -0.39 is 10.0 Å². The summed E-state index contributed by atoms with van der Waals surface area (Å²) in [5.74, 6) is -0.0911. The van der Waals surface area contributed by atoms with Gasteiger partial charge in [-0.05, 0) is 12.1 Å². The number of nitrogens with zero attached hydrogens (tertiary/aromatic N) is 1. The van der Waals surface area contributed by atoms with Crippen LogP contribution in [-0.4, -0.2) is 33.9 Å². The molecule has 0 unspecified atom stereocenters. The number of nitrogens with one attached hydrogen (secondary N) is 1. The third-order valence-electron chi connectivity index (χ3n) is 1.79. The van der Waals surface area contributed by atoms with Crippen molar-refractivity contribution in [3.8, 4) is 5.75 Å². The predicted octanol–water partition coefficient (Wildman–Crippen LogP) is 0.830. The summed E-state index contributed by atoms with van der Waals surface area (Å²) < 4.78 is 24.1. The van der Waals surface area contributed by atoms with Crippen LogP contribution in [0.2, 0.25) is 0 Å². The molecular weight excluding hydrogens is 216 g/mol. The van der Waals surface area contributed by atoms with Crippen LogP contribution >= 0.6 is 0 Å². The molecule has 0 amide bonds. The van der Waals surface area contributed by atoms with Gasteiger partial charge in [-0.2, -0.15) is 0 Å².